The van der Waals surface area contributed by atoms with Crippen molar-refractivity contribution in [2.24, 2.45) is 5.92 Å². The number of quaternary nitrogens is 1. The van der Waals surface area contributed by atoms with E-state index in [1.807, 2.05) is 30.3 Å². The lowest BCUT2D eigenvalue weighted by Gasteiger charge is -2.20. The van der Waals surface area contributed by atoms with E-state index in [0.717, 1.165) is 18.3 Å². The third-order valence-corrected chi connectivity index (χ3v) is 2.75. The van der Waals surface area contributed by atoms with E-state index < -0.39 is 0 Å². The highest BCUT2D eigenvalue weighted by atomic mass is 16.5. The molecule has 76 valence electrons. The van der Waals surface area contributed by atoms with E-state index in [4.69, 9.17) is 4.74 Å². The molecule has 1 aromatic rings. The van der Waals surface area contributed by atoms with Crippen LogP contribution in [-0.4, -0.2) is 19.7 Å². The molecule has 0 spiro atoms. The summed E-state index contributed by atoms with van der Waals surface area (Å²) in [5.74, 6) is 1.74. The molecular weight excluding hydrogens is 174 g/mol. The van der Waals surface area contributed by atoms with Gasteiger partial charge in [0.2, 0.25) is 0 Å². The molecule has 2 heteroatoms. The average Bonchev–Trinajstić information content (AvgIpc) is 2.29. The van der Waals surface area contributed by atoms with E-state index in [-0.39, 0.29) is 0 Å². The Morgan fingerprint density at radius 1 is 1.29 bits per heavy atom. The maximum Gasteiger partial charge on any atom is 0.119 e. The fourth-order valence-electron chi connectivity index (χ4n) is 1.90. The summed E-state index contributed by atoms with van der Waals surface area (Å²) >= 11 is 0. The van der Waals surface area contributed by atoms with Crippen molar-refractivity contribution in [3.63, 3.8) is 0 Å². The fraction of sp³-hybridized carbons (Fsp3) is 0.500. The summed E-state index contributed by atoms with van der Waals surface area (Å²) in [6.07, 6.45) is 2.66. The number of nitrogens with two attached hydrogens (primary N) is 1. The fourth-order valence-corrected chi connectivity index (χ4v) is 1.90. The minimum absolute atomic E-state index is 0.740. The Labute approximate surface area is 85.3 Å². The molecule has 1 fully saturated rings. The Morgan fingerprint density at radius 3 is 2.86 bits per heavy atom. The zero-order valence-electron chi connectivity index (χ0n) is 8.49. The Balaban J connectivity index is 1.76. The van der Waals surface area contributed by atoms with Gasteiger partial charge in [-0.3, -0.25) is 0 Å². The molecule has 2 rings (SSSR count). The van der Waals surface area contributed by atoms with E-state index in [9.17, 15) is 0 Å². The second-order valence-electron chi connectivity index (χ2n) is 3.95. The van der Waals surface area contributed by atoms with Crippen LogP contribution in [0.5, 0.6) is 5.75 Å². The lowest BCUT2D eigenvalue weighted by molar-refractivity contribution is -0.669. The monoisotopic (exact) mass is 192 g/mol. The van der Waals surface area contributed by atoms with Crippen LogP contribution in [0.3, 0.4) is 0 Å². The molecule has 0 aromatic heterocycles. The van der Waals surface area contributed by atoms with Gasteiger partial charge in [0.1, 0.15) is 5.75 Å². The molecular formula is C12H18NO+. The average molecular weight is 192 g/mol. The van der Waals surface area contributed by atoms with Gasteiger partial charge in [0.25, 0.3) is 0 Å². The molecule has 0 aliphatic carbocycles. The maximum atomic E-state index is 5.73. The van der Waals surface area contributed by atoms with Gasteiger partial charge in [0.15, 0.2) is 0 Å². The van der Waals surface area contributed by atoms with Gasteiger partial charge in [-0.25, -0.2) is 0 Å². The molecule has 2 nitrogen and oxygen atoms in total. The van der Waals surface area contributed by atoms with E-state index in [2.05, 4.69) is 5.32 Å². The first-order chi connectivity index (χ1) is 6.95. The van der Waals surface area contributed by atoms with Crippen LogP contribution in [-0.2, 0) is 0 Å². The van der Waals surface area contributed by atoms with Crippen LogP contribution in [0.2, 0.25) is 0 Å². The van der Waals surface area contributed by atoms with E-state index in [0.29, 0.717) is 0 Å². The topological polar surface area (TPSA) is 25.8 Å². The van der Waals surface area contributed by atoms with Crippen molar-refractivity contribution >= 4 is 0 Å². The molecule has 0 radical (unpaired) electrons. The van der Waals surface area contributed by atoms with Gasteiger partial charge in [-0.15, -0.1) is 0 Å². The maximum absolute atomic E-state index is 5.73. The van der Waals surface area contributed by atoms with Crippen molar-refractivity contribution in [3.05, 3.63) is 30.3 Å². The Kier molecular flexibility index (Phi) is 3.41. The third-order valence-electron chi connectivity index (χ3n) is 2.75. The number of hydrogen-bond acceptors (Lipinski definition) is 1. The number of ether oxygens (including phenoxy) is 1. The Morgan fingerprint density at radius 2 is 2.14 bits per heavy atom. The summed E-state index contributed by atoms with van der Waals surface area (Å²) in [5.41, 5.74) is 0. The van der Waals surface area contributed by atoms with Crippen molar-refractivity contribution in [2.45, 2.75) is 12.8 Å². The minimum Gasteiger partial charge on any atom is -0.493 e. The van der Waals surface area contributed by atoms with Crippen molar-refractivity contribution in [1.82, 2.24) is 0 Å². The molecule has 0 amide bonds. The molecule has 1 unspecified atom stereocenters. The molecule has 1 aromatic carbocycles. The van der Waals surface area contributed by atoms with Gasteiger partial charge in [-0.2, -0.15) is 0 Å². The van der Waals surface area contributed by atoms with Gasteiger partial charge < -0.3 is 10.1 Å². The third kappa shape index (κ3) is 2.74. The molecule has 1 atom stereocenters. The van der Waals surface area contributed by atoms with Crippen LogP contribution >= 0.6 is 0 Å². The smallest absolute Gasteiger partial charge is 0.119 e. The molecule has 1 heterocycles. The van der Waals surface area contributed by atoms with Gasteiger partial charge in [-0.05, 0) is 25.0 Å². The SMILES string of the molecule is c1ccc(OCC2CCC[NH2+]C2)cc1. The van der Waals surface area contributed by atoms with Crippen molar-refractivity contribution in [2.75, 3.05) is 19.7 Å². The van der Waals surface area contributed by atoms with Crippen LogP contribution in [0.25, 0.3) is 0 Å². The summed E-state index contributed by atoms with van der Waals surface area (Å²) < 4.78 is 5.73. The second-order valence-corrected chi connectivity index (χ2v) is 3.95. The normalized spacial score (nSPS) is 21.9. The zero-order chi connectivity index (χ0) is 9.64. The van der Waals surface area contributed by atoms with Gasteiger partial charge in [0, 0.05) is 5.92 Å². The lowest BCUT2D eigenvalue weighted by atomic mass is 10.0. The van der Waals surface area contributed by atoms with Crippen LogP contribution in [0.4, 0.5) is 0 Å². The molecule has 0 saturated carbocycles. The quantitative estimate of drug-likeness (QED) is 0.760. The molecule has 0 bridgehead atoms. The standard InChI is InChI=1S/C12H17NO/c1-2-6-12(7-3-1)14-10-11-5-4-8-13-9-11/h1-3,6-7,11,13H,4-5,8-10H2/p+1. The Hall–Kier alpha value is -1.02. The summed E-state index contributed by atoms with van der Waals surface area (Å²) in [5, 5.41) is 2.39. The molecule has 2 N–H and O–H groups in total. The number of rotatable bonds is 3. The van der Waals surface area contributed by atoms with Crippen LogP contribution in [0.15, 0.2) is 30.3 Å². The van der Waals surface area contributed by atoms with Crippen molar-refractivity contribution < 1.29 is 10.1 Å². The number of piperidine rings is 1. The van der Waals surface area contributed by atoms with E-state index in [1.165, 1.54) is 25.9 Å². The highest BCUT2D eigenvalue weighted by Crippen LogP contribution is 2.12. The number of benzene rings is 1. The highest BCUT2D eigenvalue weighted by Gasteiger charge is 2.16. The highest BCUT2D eigenvalue weighted by molar-refractivity contribution is 5.20. The van der Waals surface area contributed by atoms with Crippen LogP contribution < -0.4 is 10.1 Å². The summed E-state index contributed by atoms with van der Waals surface area (Å²) in [7, 11) is 0. The van der Waals surface area contributed by atoms with E-state index in [1.54, 1.807) is 0 Å². The first-order valence-electron chi connectivity index (χ1n) is 5.44. The predicted octanol–water partition coefficient (Wildman–Crippen LogP) is 1.04. The first-order valence-corrected chi connectivity index (χ1v) is 5.44. The zero-order valence-corrected chi connectivity index (χ0v) is 8.49. The number of hydrogen-bond donors (Lipinski definition) is 1. The molecule has 1 saturated heterocycles. The molecule has 1 aliphatic heterocycles. The van der Waals surface area contributed by atoms with Gasteiger partial charge >= 0.3 is 0 Å². The Bertz CT molecular complexity index is 254. The van der Waals surface area contributed by atoms with Gasteiger partial charge in [-0.1, -0.05) is 18.2 Å². The van der Waals surface area contributed by atoms with Crippen molar-refractivity contribution in [3.8, 4) is 5.75 Å². The summed E-state index contributed by atoms with van der Waals surface area (Å²) in [4.78, 5) is 0. The number of para-hydroxylation sites is 1. The minimum atomic E-state index is 0.740. The van der Waals surface area contributed by atoms with Crippen LogP contribution in [0.1, 0.15) is 12.8 Å². The first kappa shape index (κ1) is 9.53. The van der Waals surface area contributed by atoms with Gasteiger partial charge in [0.05, 0.1) is 19.7 Å². The molecule has 1 aliphatic rings. The van der Waals surface area contributed by atoms with Crippen molar-refractivity contribution in [1.29, 1.82) is 0 Å². The van der Waals surface area contributed by atoms with E-state index >= 15 is 0 Å². The lowest BCUT2D eigenvalue weighted by Crippen LogP contribution is -2.87. The van der Waals surface area contributed by atoms with Crippen LogP contribution in [0, 0.1) is 5.92 Å². The predicted molar refractivity (Wildman–Crippen MR) is 56.3 cm³/mol. The molecule has 14 heavy (non-hydrogen) atoms. The summed E-state index contributed by atoms with van der Waals surface area (Å²) in [6, 6.07) is 10.1. The summed E-state index contributed by atoms with van der Waals surface area (Å²) in [6.45, 7) is 3.40. The largest absolute Gasteiger partial charge is 0.493 e. The second kappa shape index (κ2) is 5.01.